The molecule has 0 spiro atoms. The Morgan fingerprint density at radius 3 is 2.80 bits per heavy atom. The molecule has 6 heteroatoms. The number of pyridine rings is 1. The van der Waals surface area contributed by atoms with Crippen LogP contribution in [0.15, 0.2) is 24.8 Å². The molecule has 1 aliphatic heterocycles. The van der Waals surface area contributed by atoms with Crippen LogP contribution in [-0.2, 0) is 13.6 Å². The van der Waals surface area contributed by atoms with Crippen LogP contribution in [0.25, 0.3) is 0 Å². The second kappa shape index (κ2) is 5.89. The van der Waals surface area contributed by atoms with Crippen LogP contribution in [0.4, 0.5) is 0 Å². The first-order valence-corrected chi connectivity index (χ1v) is 7.26. The van der Waals surface area contributed by atoms with Crippen molar-refractivity contribution < 1.29 is 0 Å². The molecule has 0 unspecified atom stereocenters. The van der Waals surface area contributed by atoms with Gasteiger partial charge in [-0.15, -0.1) is 10.2 Å². The van der Waals surface area contributed by atoms with E-state index in [0.29, 0.717) is 5.92 Å². The number of rotatable bonds is 3. The van der Waals surface area contributed by atoms with Crippen LogP contribution in [0.2, 0.25) is 5.02 Å². The van der Waals surface area contributed by atoms with Gasteiger partial charge in [0.25, 0.3) is 0 Å². The number of hydrogen-bond donors (Lipinski definition) is 0. The number of piperidine rings is 1. The largest absolute Gasteiger partial charge is 0.320 e. The molecule has 0 N–H and O–H groups in total. The monoisotopic (exact) mass is 291 g/mol. The van der Waals surface area contributed by atoms with E-state index in [-0.39, 0.29) is 0 Å². The molecule has 20 heavy (non-hydrogen) atoms. The first kappa shape index (κ1) is 13.5. The van der Waals surface area contributed by atoms with Crippen molar-refractivity contribution in [2.75, 3.05) is 13.1 Å². The minimum absolute atomic E-state index is 0.520. The topological polar surface area (TPSA) is 46.8 Å². The van der Waals surface area contributed by atoms with Crippen molar-refractivity contribution in [2.24, 2.45) is 7.05 Å². The molecule has 2 aromatic heterocycles. The summed E-state index contributed by atoms with van der Waals surface area (Å²) in [7, 11) is 2.01. The second-order valence-electron chi connectivity index (χ2n) is 5.32. The Hall–Kier alpha value is -1.46. The van der Waals surface area contributed by atoms with Gasteiger partial charge in [0.1, 0.15) is 12.2 Å². The quantitative estimate of drug-likeness (QED) is 0.870. The number of aromatic nitrogens is 4. The highest BCUT2D eigenvalue weighted by atomic mass is 35.5. The van der Waals surface area contributed by atoms with Gasteiger partial charge in [0.05, 0.1) is 5.02 Å². The molecule has 0 bridgehead atoms. The summed E-state index contributed by atoms with van der Waals surface area (Å²) in [4.78, 5) is 6.46. The summed E-state index contributed by atoms with van der Waals surface area (Å²) in [5.41, 5.74) is 1.15. The zero-order chi connectivity index (χ0) is 13.9. The summed E-state index contributed by atoms with van der Waals surface area (Å²) in [6.07, 6.45) is 7.53. The fourth-order valence-corrected chi connectivity index (χ4v) is 2.96. The minimum Gasteiger partial charge on any atom is -0.320 e. The Bertz CT molecular complexity index is 574. The fourth-order valence-electron chi connectivity index (χ4n) is 2.78. The summed E-state index contributed by atoms with van der Waals surface area (Å²) >= 11 is 6.16. The van der Waals surface area contributed by atoms with E-state index in [1.54, 1.807) is 18.7 Å². The highest BCUT2D eigenvalue weighted by Crippen LogP contribution is 2.27. The third kappa shape index (κ3) is 2.83. The maximum Gasteiger partial charge on any atom is 0.135 e. The van der Waals surface area contributed by atoms with E-state index in [2.05, 4.69) is 20.1 Å². The Labute approximate surface area is 123 Å². The van der Waals surface area contributed by atoms with Gasteiger partial charge in [0, 0.05) is 31.9 Å². The molecule has 0 radical (unpaired) electrons. The molecular formula is C14H18ClN5. The predicted octanol–water partition coefficient (Wildman–Crippen LogP) is 2.24. The molecule has 1 fully saturated rings. The van der Waals surface area contributed by atoms with Gasteiger partial charge in [0.15, 0.2) is 0 Å². The molecule has 3 rings (SSSR count). The molecule has 106 valence electrons. The number of hydrogen-bond acceptors (Lipinski definition) is 4. The van der Waals surface area contributed by atoms with E-state index in [4.69, 9.17) is 11.6 Å². The van der Waals surface area contributed by atoms with Gasteiger partial charge in [-0.1, -0.05) is 11.6 Å². The molecule has 3 heterocycles. The Morgan fingerprint density at radius 2 is 2.15 bits per heavy atom. The fraction of sp³-hybridized carbons (Fsp3) is 0.500. The molecular weight excluding hydrogens is 274 g/mol. The SMILES string of the molecule is Cn1cnnc1C1CCN(Cc2ccncc2Cl)CC1. The van der Waals surface area contributed by atoms with Crippen LogP contribution in [0.3, 0.4) is 0 Å². The Kier molecular flexibility index (Phi) is 3.98. The van der Waals surface area contributed by atoms with Gasteiger partial charge < -0.3 is 4.57 Å². The Morgan fingerprint density at radius 1 is 1.35 bits per heavy atom. The van der Waals surface area contributed by atoms with Gasteiger partial charge >= 0.3 is 0 Å². The standard InChI is InChI=1S/C14H18ClN5/c1-19-10-17-18-14(19)11-3-6-20(7-4-11)9-12-2-5-16-8-13(12)15/h2,5,8,10-11H,3-4,6-7,9H2,1H3. The molecule has 0 aromatic carbocycles. The summed E-state index contributed by atoms with van der Waals surface area (Å²) in [5.74, 6) is 1.62. The number of nitrogens with zero attached hydrogens (tertiary/aromatic N) is 5. The summed E-state index contributed by atoms with van der Waals surface area (Å²) in [5, 5.41) is 8.95. The lowest BCUT2D eigenvalue weighted by atomic mass is 9.95. The van der Waals surface area contributed by atoms with Crippen LogP contribution in [0, 0.1) is 0 Å². The van der Waals surface area contributed by atoms with E-state index >= 15 is 0 Å². The smallest absolute Gasteiger partial charge is 0.135 e. The summed E-state index contributed by atoms with van der Waals surface area (Å²) in [6.45, 7) is 3.03. The molecule has 0 saturated carbocycles. The van der Waals surface area contributed by atoms with Crippen molar-refractivity contribution in [3.8, 4) is 0 Å². The first-order valence-electron chi connectivity index (χ1n) is 6.88. The molecule has 0 amide bonds. The average molecular weight is 292 g/mol. The van der Waals surface area contributed by atoms with Crippen molar-refractivity contribution in [3.05, 3.63) is 41.2 Å². The van der Waals surface area contributed by atoms with Crippen LogP contribution in [0.1, 0.15) is 30.1 Å². The highest BCUT2D eigenvalue weighted by Gasteiger charge is 2.24. The first-order chi connectivity index (χ1) is 9.74. The van der Waals surface area contributed by atoms with E-state index in [0.717, 1.165) is 48.9 Å². The van der Waals surface area contributed by atoms with Crippen LogP contribution in [-0.4, -0.2) is 37.7 Å². The van der Waals surface area contributed by atoms with Crippen LogP contribution < -0.4 is 0 Å². The average Bonchev–Trinajstić information content (AvgIpc) is 2.89. The van der Waals surface area contributed by atoms with Crippen molar-refractivity contribution in [3.63, 3.8) is 0 Å². The highest BCUT2D eigenvalue weighted by molar-refractivity contribution is 6.31. The van der Waals surface area contributed by atoms with Gasteiger partial charge in [-0.25, -0.2) is 0 Å². The van der Waals surface area contributed by atoms with E-state index in [1.165, 1.54) is 0 Å². The molecule has 5 nitrogen and oxygen atoms in total. The lowest BCUT2D eigenvalue weighted by Crippen LogP contribution is -2.33. The third-order valence-corrected chi connectivity index (χ3v) is 4.29. The number of halogens is 1. The maximum absolute atomic E-state index is 6.16. The zero-order valence-electron chi connectivity index (χ0n) is 11.5. The zero-order valence-corrected chi connectivity index (χ0v) is 12.3. The predicted molar refractivity (Wildman–Crippen MR) is 77.5 cm³/mol. The number of aryl methyl sites for hydroxylation is 1. The van der Waals surface area contributed by atoms with Crippen molar-refractivity contribution >= 4 is 11.6 Å². The van der Waals surface area contributed by atoms with Crippen molar-refractivity contribution in [1.29, 1.82) is 0 Å². The maximum atomic E-state index is 6.16. The van der Waals surface area contributed by atoms with Crippen molar-refractivity contribution in [1.82, 2.24) is 24.6 Å². The summed E-state index contributed by atoms with van der Waals surface area (Å²) < 4.78 is 2.03. The molecule has 1 saturated heterocycles. The van der Waals surface area contributed by atoms with Crippen LogP contribution in [0.5, 0.6) is 0 Å². The van der Waals surface area contributed by atoms with Crippen molar-refractivity contribution in [2.45, 2.75) is 25.3 Å². The minimum atomic E-state index is 0.520. The molecule has 0 atom stereocenters. The van der Waals surface area contributed by atoms with E-state index in [1.807, 2.05) is 17.7 Å². The molecule has 2 aromatic rings. The summed E-state index contributed by atoms with van der Waals surface area (Å²) in [6, 6.07) is 2.00. The van der Waals surface area contributed by atoms with E-state index < -0.39 is 0 Å². The number of likely N-dealkylation sites (tertiary alicyclic amines) is 1. The Balaban J connectivity index is 1.59. The van der Waals surface area contributed by atoms with E-state index in [9.17, 15) is 0 Å². The van der Waals surface area contributed by atoms with Gasteiger partial charge in [-0.05, 0) is 37.6 Å². The van der Waals surface area contributed by atoms with Crippen LogP contribution >= 0.6 is 11.6 Å². The second-order valence-corrected chi connectivity index (χ2v) is 5.72. The normalized spacial score (nSPS) is 17.5. The lowest BCUT2D eigenvalue weighted by Gasteiger charge is -2.31. The van der Waals surface area contributed by atoms with Gasteiger partial charge in [-0.2, -0.15) is 0 Å². The molecule has 0 aliphatic carbocycles. The lowest BCUT2D eigenvalue weighted by molar-refractivity contribution is 0.200. The molecule has 1 aliphatic rings. The van der Waals surface area contributed by atoms with Gasteiger partial charge in [-0.3, -0.25) is 9.88 Å². The third-order valence-electron chi connectivity index (χ3n) is 3.95. The van der Waals surface area contributed by atoms with Gasteiger partial charge in [0.2, 0.25) is 0 Å².